The van der Waals surface area contributed by atoms with Crippen molar-refractivity contribution < 1.29 is 13.9 Å². The predicted molar refractivity (Wildman–Crippen MR) is 66.5 cm³/mol. The average molecular weight is 249 g/mol. The molecular weight excluding hydrogens is 233 g/mol. The van der Waals surface area contributed by atoms with E-state index in [0.717, 1.165) is 5.76 Å². The number of aliphatic hydroxyl groups is 1. The first kappa shape index (κ1) is 12.8. The maximum atomic E-state index is 13.4. The van der Waals surface area contributed by atoms with Crippen molar-refractivity contribution >= 4 is 0 Å². The first-order chi connectivity index (χ1) is 8.68. The van der Waals surface area contributed by atoms with Crippen LogP contribution in [0, 0.1) is 5.82 Å². The van der Waals surface area contributed by atoms with Gasteiger partial charge in [-0.15, -0.1) is 0 Å². The lowest BCUT2D eigenvalue weighted by Gasteiger charge is -2.16. The van der Waals surface area contributed by atoms with E-state index in [2.05, 4.69) is 5.32 Å². The van der Waals surface area contributed by atoms with Crippen LogP contribution in [0.5, 0.6) is 0 Å². The second kappa shape index (κ2) is 5.80. The lowest BCUT2D eigenvalue weighted by atomic mass is 10.1. The zero-order valence-corrected chi connectivity index (χ0v) is 10.1. The molecule has 18 heavy (non-hydrogen) atoms. The molecule has 96 valence electrons. The van der Waals surface area contributed by atoms with Crippen molar-refractivity contribution in [2.24, 2.45) is 0 Å². The Balaban J connectivity index is 1.93. The summed E-state index contributed by atoms with van der Waals surface area (Å²) in [5.41, 5.74) is 0.302. The van der Waals surface area contributed by atoms with Crippen LogP contribution in [0.15, 0.2) is 47.1 Å². The van der Waals surface area contributed by atoms with Gasteiger partial charge in [-0.25, -0.2) is 4.39 Å². The summed E-state index contributed by atoms with van der Waals surface area (Å²) < 4.78 is 18.7. The Bertz CT molecular complexity index is 484. The van der Waals surface area contributed by atoms with Crippen LogP contribution in [-0.2, 0) is 0 Å². The Morgan fingerprint density at radius 1 is 1.28 bits per heavy atom. The van der Waals surface area contributed by atoms with E-state index in [1.54, 1.807) is 30.5 Å². The third kappa shape index (κ3) is 2.97. The van der Waals surface area contributed by atoms with Gasteiger partial charge in [-0.2, -0.15) is 0 Å². The summed E-state index contributed by atoms with van der Waals surface area (Å²) >= 11 is 0. The standard InChI is InChI=1S/C14H16FNO2/c1-10(14-7-4-8-18-14)16-9-13(17)11-5-2-3-6-12(11)15/h2-8,10,13,16-17H,9H2,1H3/t10-,13?/m1/s1. The quantitative estimate of drug-likeness (QED) is 0.856. The van der Waals surface area contributed by atoms with Crippen LogP contribution in [0.25, 0.3) is 0 Å². The highest BCUT2D eigenvalue weighted by Crippen LogP contribution is 2.18. The molecule has 0 aliphatic heterocycles. The van der Waals surface area contributed by atoms with Crippen molar-refractivity contribution in [1.29, 1.82) is 0 Å². The summed E-state index contributed by atoms with van der Waals surface area (Å²) in [5.74, 6) is 0.396. The molecule has 4 heteroatoms. The molecule has 1 heterocycles. The second-order valence-corrected chi connectivity index (χ2v) is 4.18. The summed E-state index contributed by atoms with van der Waals surface area (Å²) in [7, 11) is 0. The van der Waals surface area contributed by atoms with E-state index in [0.29, 0.717) is 5.56 Å². The maximum Gasteiger partial charge on any atom is 0.129 e. The van der Waals surface area contributed by atoms with Gasteiger partial charge in [0.25, 0.3) is 0 Å². The number of nitrogens with one attached hydrogen (secondary N) is 1. The van der Waals surface area contributed by atoms with Crippen molar-refractivity contribution in [3.05, 3.63) is 59.8 Å². The van der Waals surface area contributed by atoms with E-state index in [-0.39, 0.29) is 12.6 Å². The summed E-state index contributed by atoms with van der Waals surface area (Å²) in [6, 6.07) is 9.87. The SMILES string of the molecule is C[C@@H](NCC(O)c1ccccc1F)c1ccco1. The van der Waals surface area contributed by atoms with E-state index in [9.17, 15) is 9.50 Å². The Morgan fingerprint density at radius 3 is 2.72 bits per heavy atom. The Kier molecular flexibility index (Phi) is 4.12. The monoisotopic (exact) mass is 249 g/mol. The summed E-state index contributed by atoms with van der Waals surface area (Å²) in [6.07, 6.45) is 0.726. The number of halogens is 1. The van der Waals surface area contributed by atoms with Gasteiger partial charge in [0.2, 0.25) is 0 Å². The molecule has 1 unspecified atom stereocenters. The highest BCUT2D eigenvalue weighted by Gasteiger charge is 2.14. The topological polar surface area (TPSA) is 45.4 Å². The highest BCUT2D eigenvalue weighted by molar-refractivity contribution is 5.20. The molecule has 0 saturated carbocycles. The Hall–Kier alpha value is -1.65. The molecule has 0 aliphatic carbocycles. The average Bonchev–Trinajstić information content (AvgIpc) is 2.90. The van der Waals surface area contributed by atoms with Crippen LogP contribution >= 0.6 is 0 Å². The number of hydrogen-bond donors (Lipinski definition) is 2. The van der Waals surface area contributed by atoms with Crippen molar-refractivity contribution in [2.75, 3.05) is 6.54 Å². The molecule has 0 saturated heterocycles. The van der Waals surface area contributed by atoms with E-state index < -0.39 is 11.9 Å². The molecular formula is C14H16FNO2. The number of hydrogen-bond acceptors (Lipinski definition) is 3. The van der Waals surface area contributed by atoms with Gasteiger partial charge in [-0.3, -0.25) is 0 Å². The molecule has 2 rings (SSSR count). The fraction of sp³-hybridized carbons (Fsp3) is 0.286. The minimum atomic E-state index is -0.872. The molecule has 2 N–H and O–H groups in total. The van der Waals surface area contributed by atoms with E-state index in [4.69, 9.17) is 4.42 Å². The van der Waals surface area contributed by atoms with Crippen LogP contribution in [-0.4, -0.2) is 11.7 Å². The normalized spacial score (nSPS) is 14.4. The lowest BCUT2D eigenvalue weighted by molar-refractivity contribution is 0.164. The van der Waals surface area contributed by atoms with Crippen molar-refractivity contribution in [3.8, 4) is 0 Å². The van der Waals surface area contributed by atoms with Crippen LogP contribution in [0.3, 0.4) is 0 Å². The van der Waals surface area contributed by atoms with Crippen LogP contribution in [0.1, 0.15) is 30.4 Å². The largest absolute Gasteiger partial charge is 0.468 e. The third-order valence-corrected chi connectivity index (χ3v) is 2.85. The molecule has 0 aliphatic rings. The fourth-order valence-corrected chi connectivity index (χ4v) is 1.78. The number of benzene rings is 1. The van der Waals surface area contributed by atoms with Gasteiger partial charge >= 0.3 is 0 Å². The first-order valence-corrected chi connectivity index (χ1v) is 5.87. The summed E-state index contributed by atoms with van der Waals surface area (Å²) in [4.78, 5) is 0. The van der Waals surface area contributed by atoms with E-state index in [1.807, 2.05) is 13.0 Å². The smallest absolute Gasteiger partial charge is 0.129 e. The van der Waals surface area contributed by atoms with Gasteiger partial charge in [0, 0.05) is 12.1 Å². The van der Waals surface area contributed by atoms with Gasteiger partial charge in [-0.05, 0) is 25.1 Å². The minimum Gasteiger partial charge on any atom is -0.468 e. The van der Waals surface area contributed by atoms with Gasteiger partial charge in [0.15, 0.2) is 0 Å². The molecule has 1 aromatic heterocycles. The van der Waals surface area contributed by atoms with Gasteiger partial charge in [-0.1, -0.05) is 18.2 Å². The van der Waals surface area contributed by atoms with Crippen LogP contribution < -0.4 is 5.32 Å². The molecule has 0 spiro atoms. The van der Waals surface area contributed by atoms with Crippen molar-refractivity contribution in [2.45, 2.75) is 19.1 Å². The number of furan rings is 1. The Morgan fingerprint density at radius 2 is 2.06 bits per heavy atom. The van der Waals surface area contributed by atoms with Crippen LogP contribution in [0.2, 0.25) is 0 Å². The van der Waals surface area contributed by atoms with Gasteiger partial charge < -0.3 is 14.8 Å². The molecule has 2 atom stereocenters. The van der Waals surface area contributed by atoms with Crippen molar-refractivity contribution in [1.82, 2.24) is 5.32 Å². The first-order valence-electron chi connectivity index (χ1n) is 5.87. The van der Waals surface area contributed by atoms with Gasteiger partial charge in [0.1, 0.15) is 11.6 Å². The third-order valence-electron chi connectivity index (χ3n) is 2.85. The molecule has 2 aromatic rings. The predicted octanol–water partition coefficient (Wildman–Crippen LogP) is 2.80. The zero-order chi connectivity index (χ0) is 13.0. The van der Waals surface area contributed by atoms with Gasteiger partial charge in [0.05, 0.1) is 18.4 Å². The number of aliphatic hydroxyl groups excluding tert-OH is 1. The second-order valence-electron chi connectivity index (χ2n) is 4.18. The molecule has 1 aromatic carbocycles. The summed E-state index contributed by atoms with van der Waals surface area (Å²) in [6.45, 7) is 2.19. The highest BCUT2D eigenvalue weighted by atomic mass is 19.1. The minimum absolute atomic E-state index is 0.0265. The zero-order valence-electron chi connectivity index (χ0n) is 10.1. The molecule has 3 nitrogen and oxygen atoms in total. The van der Waals surface area contributed by atoms with E-state index >= 15 is 0 Å². The maximum absolute atomic E-state index is 13.4. The lowest BCUT2D eigenvalue weighted by Crippen LogP contribution is -2.24. The number of rotatable bonds is 5. The molecule has 0 radical (unpaired) electrons. The molecule has 0 bridgehead atoms. The molecule has 0 fully saturated rings. The summed E-state index contributed by atoms with van der Waals surface area (Å²) in [5, 5.41) is 13.0. The Labute approximate surface area is 105 Å². The van der Waals surface area contributed by atoms with Crippen molar-refractivity contribution in [3.63, 3.8) is 0 Å². The fourth-order valence-electron chi connectivity index (χ4n) is 1.78. The van der Waals surface area contributed by atoms with E-state index in [1.165, 1.54) is 6.07 Å². The van der Waals surface area contributed by atoms with Crippen LogP contribution in [0.4, 0.5) is 4.39 Å². The molecule has 0 amide bonds.